The van der Waals surface area contributed by atoms with E-state index in [1.807, 2.05) is 28.9 Å². The molecule has 0 fully saturated rings. The Bertz CT molecular complexity index is 886. The van der Waals surface area contributed by atoms with Crippen molar-refractivity contribution in [2.24, 2.45) is 0 Å². The molecule has 3 rings (SSSR count). The molecule has 0 radical (unpaired) electrons. The van der Waals surface area contributed by atoms with E-state index in [-0.39, 0.29) is 0 Å². The fourth-order valence-corrected chi connectivity index (χ4v) is 3.25. The molecule has 1 aromatic carbocycles. The van der Waals surface area contributed by atoms with Crippen molar-refractivity contribution in [1.29, 1.82) is 0 Å². The lowest BCUT2D eigenvalue weighted by atomic mass is 10.2. The zero-order chi connectivity index (χ0) is 17.8. The van der Waals surface area contributed by atoms with Crippen molar-refractivity contribution < 1.29 is 4.90 Å². The summed E-state index contributed by atoms with van der Waals surface area (Å²) in [6.45, 7) is 4.44. The molecule has 2 heterocycles. The van der Waals surface area contributed by atoms with Crippen molar-refractivity contribution in [1.82, 2.24) is 19.3 Å². The van der Waals surface area contributed by atoms with Crippen LogP contribution in [0.5, 0.6) is 0 Å². The van der Waals surface area contributed by atoms with E-state index in [1.165, 1.54) is 10.5 Å². The van der Waals surface area contributed by atoms with Gasteiger partial charge in [-0.15, -0.1) is 5.10 Å². The summed E-state index contributed by atoms with van der Waals surface area (Å²) >= 11 is 11.6. The van der Waals surface area contributed by atoms with Gasteiger partial charge in [0.1, 0.15) is 6.54 Å². The summed E-state index contributed by atoms with van der Waals surface area (Å²) < 4.78 is 4.70. The molecule has 0 spiro atoms. The maximum Gasteiger partial charge on any atom is 0.203 e. The summed E-state index contributed by atoms with van der Waals surface area (Å²) in [4.78, 5) is 5.37. The summed E-state index contributed by atoms with van der Waals surface area (Å²) in [5, 5.41) is 5.51. The molecule has 0 aliphatic rings. The summed E-state index contributed by atoms with van der Waals surface area (Å²) in [7, 11) is 2.13. The summed E-state index contributed by atoms with van der Waals surface area (Å²) in [6, 6.07) is 11.9. The predicted molar refractivity (Wildman–Crippen MR) is 102 cm³/mol. The predicted octanol–water partition coefficient (Wildman–Crippen LogP) is 2.82. The SMILES string of the molecule is CCn1c(-c2ccncc2)nn(C[NH+](C)Cc2ccc(Cl)cc2)c1=S. The van der Waals surface area contributed by atoms with Crippen LogP contribution < -0.4 is 4.90 Å². The van der Waals surface area contributed by atoms with E-state index < -0.39 is 0 Å². The lowest BCUT2D eigenvalue weighted by Gasteiger charge is -2.13. The highest BCUT2D eigenvalue weighted by molar-refractivity contribution is 7.71. The van der Waals surface area contributed by atoms with Crippen LogP contribution in [0.25, 0.3) is 11.4 Å². The monoisotopic (exact) mass is 374 g/mol. The Morgan fingerprint density at radius 1 is 1.12 bits per heavy atom. The molecule has 0 aliphatic carbocycles. The van der Waals surface area contributed by atoms with Crippen LogP contribution >= 0.6 is 23.8 Å². The van der Waals surface area contributed by atoms with Crippen LogP contribution in [0.4, 0.5) is 0 Å². The standard InChI is InChI=1S/C18H20ClN5S/c1-3-23-17(15-8-10-20-11-9-15)21-24(18(23)25)13-22(2)12-14-4-6-16(19)7-5-14/h4-11H,3,12-13H2,1-2H3/p+1. The number of hydrogen-bond donors (Lipinski definition) is 1. The number of benzene rings is 1. The summed E-state index contributed by atoms with van der Waals surface area (Å²) in [5.41, 5.74) is 2.26. The Morgan fingerprint density at radius 2 is 1.80 bits per heavy atom. The van der Waals surface area contributed by atoms with Crippen molar-refractivity contribution in [2.45, 2.75) is 26.7 Å². The molecule has 0 saturated carbocycles. The molecule has 0 bridgehead atoms. The lowest BCUT2D eigenvalue weighted by Crippen LogP contribution is -3.07. The van der Waals surface area contributed by atoms with Gasteiger partial charge >= 0.3 is 0 Å². The quantitative estimate of drug-likeness (QED) is 0.674. The van der Waals surface area contributed by atoms with Crippen LogP contribution in [-0.4, -0.2) is 26.4 Å². The minimum Gasteiger partial charge on any atom is -0.315 e. The van der Waals surface area contributed by atoms with E-state index in [2.05, 4.69) is 35.7 Å². The second kappa shape index (κ2) is 7.91. The van der Waals surface area contributed by atoms with Gasteiger partial charge in [-0.2, -0.15) is 4.68 Å². The number of quaternary nitrogens is 1. The average molecular weight is 375 g/mol. The first-order chi connectivity index (χ1) is 12.1. The molecule has 2 aromatic heterocycles. The van der Waals surface area contributed by atoms with Gasteiger partial charge in [-0.1, -0.05) is 23.7 Å². The van der Waals surface area contributed by atoms with E-state index in [9.17, 15) is 0 Å². The highest BCUT2D eigenvalue weighted by Gasteiger charge is 2.14. The van der Waals surface area contributed by atoms with Gasteiger partial charge in [0.2, 0.25) is 4.77 Å². The minimum absolute atomic E-state index is 0.701. The van der Waals surface area contributed by atoms with Crippen LogP contribution in [0.2, 0.25) is 5.02 Å². The van der Waals surface area contributed by atoms with Gasteiger partial charge in [-0.3, -0.25) is 4.98 Å². The minimum atomic E-state index is 0.701. The molecule has 25 heavy (non-hydrogen) atoms. The normalized spacial score (nSPS) is 12.3. The number of rotatable bonds is 6. The highest BCUT2D eigenvalue weighted by Crippen LogP contribution is 2.17. The average Bonchev–Trinajstić information content (AvgIpc) is 2.93. The first kappa shape index (κ1) is 17.8. The molecule has 7 heteroatoms. The van der Waals surface area contributed by atoms with Gasteiger partial charge in [0, 0.05) is 35.1 Å². The summed E-state index contributed by atoms with van der Waals surface area (Å²) in [5.74, 6) is 0.884. The van der Waals surface area contributed by atoms with E-state index in [0.29, 0.717) is 6.67 Å². The number of nitrogens with zero attached hydrogens (tertiary/aromatic N) is 4. The topological polar surface area (TPSA) is 40.1 Å². The molecular formula is C18H21ClN5S+. The Labute approximate surface area is 157 Å². The van der Waals surface area contributed by atoms with E-state index in [4.69, 9.17) is 28.9 Å². The van der Waals surface area contributed by atoms with E-state index >= 15 is 0 Å². The maximum absolute atomic E-state index is 5.95. The van der Waals surface area contributed by atoms with Gasteiger partial charge in [-0.05, 0) is 43.4 Å². The van der Waals surface area contributed by atoms with E-state index in [0.717, 1.165) is 34.3 Å². The lowest BCUT2D eigenvalue weighted by molar-refractivity contribution is -0.917. The van der Waals surface area contributed by atoms with Gasteiger partial charge in [0.15, 0.2) is 12.5 Å². The zero-order valence-electron chi connectivity index (χ0n) is 14.3. The van der Waals surface area contributed by atoms with Gasteiger partial charge in [0.25, 0.3) is 0 Å². The van der Waals surface area contributed by atoms with Crippen LogP contribution in [0.3, 0.4) is 0 Å². The number of aromatic nitrogens is 4. The first-order valence-electron chi connectivity index (χ1n) is 8.22. The van der Waals surface area contributed by atoms with Crippen molar-refractivity contribution in [3.05, 3.63) is 64.1 Å². The molecule has 0 amide bonds. The molecule has 1 unspecified atom stereocenters. The molecule has 1 N–H and O–H groups in total. The third-order valence-corrected chi connectivity index (χ3v) is 4.70. The molecule has 0 aliphatic heterocycles. The highest BCUT2D eigenvalue weighted by atomic mass is 35.5. The second-order valence-corrected chi connectivity index (χ2v) is 6.81. The fraction of sp³-hybridized carbons (Fsp3) is 0.278. The third-order valence-electron chi connectivity index (χ3n) is 4.02. The Hall–Kier alpha value is -2.02. The first-order valence-corrected chi connectivity index (χ1v) is 9.01. The number of halogens is 1. The van der Waals surface area contributed by atoms with Crippen molar-refractivity contribution in [3.8, 4) is 11.4 Å². The third kappa shape index (κ3) is 4.15. The van der Waals surface area contributed by atoms with Gasteiger partial charge < -0.3 is 9.47 Å². The van der Waals surface area contributed by atoms with Crippen molar-refractivity contribution >= 4 is 23.8 Å². The van der Waals surface area contributed by atoms with Crippen molar-refractivity contribution in [3.63, 3.8) is 0 Å². The number of hydrogen-bond acceptors (Lipinski definition) is 3. The summed E-state index contributed by atoms with van der Waals surface area (Å²) in [6.07, 6.45) is 3.55. The molecule has 3 aromatic rings. The number of pyridine rings is 1. The smallest absolute Gasteiger partial charge is 0.203 e. The Kier molecular flexibility index (Phi) is 5.63. The van der Waals surface area contributed by atoms with E-state index in [1.54, 1.807) is 12.4 Å². The second-order valence-electron chi connectivity index (χ2n) is 6.00. The molecule has 130 valence electrons. The maximum atomic E-state index is 5.95. The van der Waals surface area contributed by atoms with Crippen LogP contribution in [0.1, 0.15) is 12.5 Å². The largest absolute Gasteiger partial charge is 0.315 e. The molecule has 1 atom stereocenters. The molecule has 0 saturated heterocycles. The zero-order valence-corrected chi connectivity index (χ0v) is 15.9. The molecular weight excluding hydrogens is 354 g/mol. The molecule has 5 nitrogen and oxygen atoms in total. The van der Waals surface area contributed by atoms with Crippen LogP contribution in [0, 0.1) is 4.77 Å². The van der Waals surface area contributed by atoms with Crippen LogP contribution in [0.15, 0.2) is 48.8 Å². The Morgan fingerprint density at radius 3 is 2.44 bits per heavy atom. The fourth-order valence-electron chi connectivity index (χ4n) is 2.81. The van der Waals surface area contributed by atoms with Gasteiger partial charge in [-0.25, -0.2) is 0 Å². The van der Waals surface area contributed by atoms with Crippen LogP contribution in [-0.2, 0) is 19.8 Å². The Balaban J connectivity index is 1.81. The number of nitrogens with one attached hydrogen (secondary N) is 1. The van der Waals surface area contributed by atoms with Crippen molar-refractivity contribution in [2.75, 3.05) is 7.05 Å². The van der Waals surface area contributed by atoms with Gasteiger partial charge in [0.05, 0.1) is 7.05 Å².